The van der Waals surface area contributed by atoms with Crippen molar-refractivity contribution < 1.29 is 7.77 Å². The van der Waals surface area contributed by atoms with Crippen LogP contribution in [0.3, 0.4) is 0 Å². The summed E-state index contributed by atoms with van der Waals surface area (Å²) in [6.07, 6.45) is 0. The van der Waals surface area contributed by atoms with E-state index in [1.54, 1.807) is 0 Å². The molecule has 0 fully saturated rings. The summed E-state index contributed by atoms with van der Waals surface area (Å²) in [6.45, 7) is 0. The van der Waals surface area contributed by atoms with Crippen molar-refractivity contribution in [2.45, 2.75) is 0 Å². The van der Waals surface area contributed by atoms with E-state index in [9.17, 15) is 7.77 Å². The van der Waals surface area contributed by atoms with E-state index in [0.29, 0.717) is 0 Å². The summed E-state index contributed by atoms with van der Waals surface area (Å²) in [6, 6.07) is 0. The first-order valence-corrected chi connectivity index (χ1v) is 5.26. The van der Waals surface area contributed by atoms with Gasteiger partial charge in [0.05, 0.1) is 7.82 Å². The molecular weight excluding hydrogens is 208 g/mol. The van der Waals surface area contributed by atoms with Gasteiger partial charge in [-0.15, -0.1) is 0 Å². The molecule has 0 aliphatic heterocycles. The smallest absolute Gasteiger partial charge is 0.160 e. The van der Waals surface area contributed by atoms with Gasteiger partial charge in [0.15, 0.2) is 0 Å². The first-order valence-electron chi connectivity index (χ1n) is 0.871. The van der Waals surface area contributed by atoms with Crippen molar-refractivity contribution in [2.24, 2.45) is 0 Å². The molecule has 0 rings (SSSR count). The molecular formula is H2BF2IS. The highest BCUT2D eigenvalue weighted by molar-refractivity contribution is 14.2. The van der Waals surface area contributed by atoms with E-state index in [1.165, 1.54) is 0 Å². The Morgan fingerprint density at radius 2 is 1.60 bits per heavy atom. The second-order valence-electron chi connectivity index (χ2n) is 0.638. The summed E-state index contributed by atoms with van der Waals surface area (Å²) in [5, 5.41) is 0. The maximum atomic E-state index is 11.1. The normalized spacial score (nSPS) is 15.0. The molecule has 0 amide bonds. The monoisotopic (exact) mass is 210 g/mol. The topological polar surface area (TPSA) is 0 Å². The fourth-order valence-corrected chi connectivity index (χ4v) is 0. The molecule has 5 heteroatoms. The van der Waals surface area contributed by atoms with Gasteiger partial charge in [0, 0.05) is 21.2 Å². The van der Waals surface area contributed by atoms with E-state index in [0.717, 1.165) is 28.3 Å². The zero-order valence-corrected chi connectivity index (χ0v) is 5.52. The van der Waals surface area contributed by atoms with Crippen LogP contribution in [0.5, 0.6) is 0 Å². The molecule has 32 valence electrons. The van der Waals surface area contributed by atoms with Gasteiger partial charge in [-0.05, 0) is 0 Å². The van der Waals surface area contributed by atoms with Crippen molar-refractivity contribution in [2.75, 3.05) is 0 Å². The Morgan fingerprint density at radius 3 is 1.60 bits per heavy atom. The zero-order chi connectivity index (χ0) is 4.50. The van der Waals surface area contributed by atoms with Gasteiger partial charge >= 0.3 is 0 Å². The Hall–Kier alpha value is 1.00. The highest BCUT2D eigenvalue weighted by atomic mass is 127. The predicted molar refractivity (Wildman–Crippen MR) is 32.4 cm³/mol. The molecule has 0 saturated heterocycles. The van der Waals surface area contributed by atoms with Crippen LogP contribution in [0.1, 0.15) is 0 Å². The highest BCUT2D eigenvalue weighted by Gasteiger charge is 2.03. The molecule has 0 aromatic rings. The van der Waals surface area contributed by atoms with Gasteiger partial charge < -0.3 is 0 Å². The van der Waals surface area contributed by atoms with E-state index < -0.39 is 7.82 Å². The molecule has 0 unspecified atom stereocenters. The summed E-state index contributed by atoms with van der Waals surface area (Å²) in [5.41, 5.74) is 0. The van der Waals surface area contributed by atoms with Crippen molar-refractivity contribution in [3.05, 3.63) is 0 Å². The number of rotatable bonds is 0. The summed E-state index contributed by atoms with van der Waals surface area (Å²) in [4.78, 5) is 0. The van der Waals surface area contributed by atoms with Gasteiger partial charge in [0.25, 0.3) is 0 Å². The lowest BCUT2D eigenvalue weighted by Crippen LogP contribution is -1.58. The van der Waals surface area contributed by atoms with Gasteiger partial charge in [-0.3, -0.25) is 0 Å². The molecule has 0 aliphatic carbocycles. The molecule has 0 aromatic heterocycles. The lowest BCUT2D eigenvalue weighted by atomic mass is 10.8. The third kappa shape index (κ3) is 44.7. The van der Waals surface area contributed by atoms with Crippen molar-refractivity contribution in [3.63, 3.8) is 0 Å². The van der Waals surface area contributed by atoms with Crippen molar-refractivity contribution in [1.29, 1.82) is 0 Å². The standard InChI is InChI=1S/BF2H2IS/c1-5(2,3)4/h1H2. The zero-order valence-electron chi connectivity index (χ0n) is 2.54. The summed E-state index contributed by atoms with van der Waals surface area (Å²) in [5.74, 6) is 0. The van der Waals surface area contributed by atoms with Crippen LogP contribution in [-0.2, 0) is 0 Å². The third-order valence-corrected chi connectivity index (χ3v) is 0. The Kier molecular flexibility index (Phi) is 1.96. The van der Waals surface area contributed by atoms with Crippen LogP contribution in [0, 0.1) is 0 Å². The number of hydrogen-bond donors (Lipinski definition) is 0. The Bertz CT molecular complexity index is 25.1. The van der Waals surface area contributed by atoms with Crippen molar-refractivity contribution in [1.82, 2.24) is 0 Å². The van der Waals surface area contributed by atoms with E-state index in [4.69, 9.17) is 0 Å². The molecule has 0 nitrogen and oxygen atoms in total. The minimum atomic E-state index is -3.20. The van der Waals surface area contributed by atoms with Gasteiger partial charge in [-0.1, -0.05) is 0 Å². The van der Waals surface area contributed by atoms with Crippen molar-refractivity contribution in [3.8, 4) is 0 Å². The molecule has 0 saturated carbocycles. The van der Waals surface area contributed by atoms with Gasteiger partial charge in [-0.25, -0.2) is 0 Å². The summed E-state index contributed by atoms with van der Waals surface area (Å²) in [7, 11) is -2.27. The van der Waals surface area contributed by atoms with Crippen LogP contribution >= 0.6 is 29.0 Å². The predicted octanol–water partition coefficient (Wildman–Crippen LogP) is 1.46. The number of halogens is 3. The van der Waals surface area contributed by atoms with Crippen LogP contribution in [0.2, 0.25) is 0 Å². The SMILES string of the molecule is BS(F)(F)I. The molecule has 0 spiro atoms. The summed E-state index contributed by atoms with van der Waals surface area (Å²) < 4.78 is 22.2. The average molecular weight is 210 g/mol. The molecule has 0 radical (unpaired) electrons. The minimum absolute atomic E-state index is 0.924. The van der Waals surface area contributed by atoms with Crippen LogP contribution in [0.25, 0.3) is 0 Å². The maximum Gasteiger partial charge on any atom is 0.242 e. The maximum absolute atomic E-state index is 11.1. The van der Waals surface area contributed by atoms with E-state index in [-0.39, 0.29) is 0 Å². The second kappa shape index (κ2) is 1.64. The second-order valence-corrected chi connectivity index (χ2v) is 6.55. The molecule has 0 bridgehead atoms. The average Bonchev–Trinajstić information content (AvgIpc) is 0.722. The summed E-state index contributed by atoms with van der Waals surface area (Å²) >= 11 is 1.13. The first kappa shape index (κ1) is 6.00. The van der Waals surface area contributed by atoms with E-state index in [1.807, 2.05) is 0 Å². The fourth-order valence-electron chi connectivity index (χ4n) is 0. The Labute approximate surface area is 44.1 Å². The van der Waals surface area contributed by atoms with Crippen LogP contribution in [0.4, 0.5) is 7.77 Å². The van der Waals surface area contributed by atoms with Crippen molar-refractivity contribution >= 4 is 36.2 Å². The fraction of sp³-hybridized carbons (Fsp3) is 0. The van der Waals surface area contributed by atoms with Crippen LogP contribution in [0.15, 0.2) is 0 Å². The van der Waals surface area contributed by atoms with Gasteiger partial charge in [0.1, 0.15) is 0 Å². The molecule has 5 heavy (non-hydrogen) atoms. The highest BCUT2D eigenvalue weighted by Crippen LogP contribution is 2.54. The van der Waals surface area contributed by atoms with E-state index in [2.05, 4.69) is 0 Å². The lowest BCUT2D eigenvalue weighted by Gasteiger charge is -1.98. The van der Waals surface area contributed by atoms with Gasteiger partial charge in [0.2, 0.25) is 7.12 Å². The molecule has 0 atom stereocenters. The molecule has 0 N–H and O–H groups in total. The Balaban J connectivity index is 3.02. The number of hydrogen-bond acceptors (Lipinski definition) is 0. The quantitative estimate of drug-likeness (QED) is 0.419. The lowest BCUT2D eigenvalue weighted by molar-refractivity contribution is 0.802. The molecule has 0 heterocycles. The van der Waals surface area contributed by atoms with Crippen LogP contribution < -0.4 is 0 Å². The van der Waals surface area contributed by atoms with E-state index >= 15 is 0 Å². The minimum Gasteiger partial charge on any atom is -0.160 e. The Morgan fingerprint density at radius 1 is 1.60 bits per heavy atom. The molecule has 0 aliphatic rings. The largest absolute Gasteiger partial charge is 0.242 e. The molecule has 0 aromatic carbocycles. The van der Waals surface area contributed by atoms with Gasteiger partial charge in [-0.2, -0.15) is 7.77 Å². The first-order chi connectivity index (χ1) is 2.00. The van der Waals surface area contributed by atoms with Crippen LogP contribution in [-0.4, -0.2) is 7.12 Å². The third-order valence-electron chi connectivity index (χ3n) is 0.